The van der Waals surface area contributed by atoms with E-state index in [0.29, 0.717) is 5.69 Å². The molecule has 0 aliphatic carbocycles. The number of nitrogens with two attached hydrogens (primary N) is 1. The second-order valence-electron chi connectivity index (χ2n) is 2.41. The molecule has 2 heterocycles. The van der Waals surface area contributed by atoms with Crippen molar-refractivity contribution in [2.24, 2.45) is 0 Å². The quantitative estimate of drug-likeness (QED) is 0.773. The summed E-state index contributed by atoms with van der Waals surface area (Å²) >= 11 is 4.94. The lowest BCUT2D eigenvalue weighted by atomic mass is 10.4. The van der Waals surface area contributed by atoms with E-state index in [0.717, 1.165) is 19.8 Å². The number of halogens is 1. The molecule has 2 N–H and O–H groups in total. The van der Waals surface area contributed by atoms with Gasteiger partial charge in [-0.25, -0.2) is 9.97 Å². The summed E-state index contributed by atoms with van der Waals surface area (Å²) in [5, 5.41) is 1.00. The third-order valence-corrected chi connectivity index (χ3v) is 3.21. The summed E-state index contributed by atoms with van der Waals surface area (Å²) in [6.07, 6.45) is 1.64. The highest BCUT2D eigenvalue weighted by Crippen LogP contribution is 2.30. The van der Waals surface area contributed by atoms with E-state index in [1.54, 1.807) is 17.5 Å². The van der Waals surface area contributed by atoms with Crippen LogP contribution in [-0.2, 0) is 0 Å². The first kappa shape index (κ1) is 7.94. The van der Waals surface area contributed by atoms with Gasteiger partial charge in [0.1, 0.15) is 10.3 Å². The van der Waals surface area contributed by atoms with Crippen LogP contribution >= 0.6 is 27.3 Å². The number of hydrogen-bond acceptors (Lipinski definition) is 4. The van der Waals surface area contributed by atoms with Crippen LogP contribution in [0, 0.1) is 6.92 Å². The van der Waals surface area contributed by atoms with Crippen molar-refractivity contribution in [2.45, 2.75) is 6.92 Å². The minimum atomic E-state index is 0.632. The average molecular weight is 244 g/mol. The van der Waals surface area contributed by atoms with Crippen LogP contribution in [0.5, 0.6) is 0 Å². The topological polar surface area (TPSA) is 51.8 Å². The fourth-order valence-electron chi connectivity index (χ4n) is 0.968. The van der Waals surface area contributed by atoms with E-state index in [4.69, 9.17) is 5.73 Å². The molecule has 0 bridgehead atoms. The van der Waals surface area contributed by atoms with E-state index in [1.165, 1.54) is 0 Å². The first-order valence-corrected chi connectivity index (χ1v) is 4.96. The van der Waals surface area contributed by atoms with Crippen LogP contribution in [0.15, 0.2) is 10.7 Å². The summed E-state index contributed by atoms with van der Waals surface area (Å²) in [7, 11) is 0. The average Bonchev–Trinajstić information content (AvgIpc) is 2.39. The minimum Gasteiger partial charge on any atom is -0.396 e. The summed E-state index contributed by atoms with van der Waals surface area (Å²) in [5.74, 6) is 0. The van der Waals surface area contributed by atoms with Gasteiger partial charge in [0, 0.05) is 0 Å². The normalized spacial score (nSPS) is 10.8. The lowest BCUT2D eigenvalue weighted by Crippen LogP contribution is -1.88. The summed E-state index contributed by atoms with van der Waals surface area (Å²) in [5.41, 5.74) is 7.14. The molecular weight excluding hydrogens is 238 g/mol. The highest BCUT2D eigenvalue weighted by molar-refractivity contribution is 9.10. The molecule has 0 aliphatic rings. The van der Waals surface area contributed by atoms with Gasteiger partial charge in [0.05, 0.1) is 21.4 Å². The highest BCUT2D eigenvalue weighted by Gasteiger charge is 2.07. The molecule has 62 valence electrons. The van der Waals surface area contributed by atoms with Crippen molar-refractivity contribution >= 4 is 43.3 Å². The number of nitrogens with zero attached hydrogens (tertiary/aromatic N) is 2. The number of fused-ring (bicyclic) bond motifs is 1. The molecule has 0 aromatic carbocycles. The zero-order valence-corrected chi connectivity index (χ0v) is 8.74. The van der Waals surface area contributed by atoms with Gasteiger partial charge in [0.15, 0.2) is 0 Å². The predicted molar refractivity (Wildman–Crippen MR) is 54.3 cm³/mol. The van der Waals surface area contributed by atoms with E-state index in [-0.39, 0.29) is 0 Å². The van der Waals surface area contributed by atoms with Crippen LogP contribution in [0.2, 0.25) is 0 Å². The number of rotatable bonds is 0. The number of aryl methyl sites for hydroxylation is 1. The maximum Gasteiger partial charge on any atom is 0.144 e. The zero-order valence-electron chi connectivity index (χ0n) is 6.34. The molecule has 0 saturated carbocycles. The van der Waals surface area contributed by atoms with Gasteiger partial charge in [0.2, 0.25) is 0 Å². The van der Waals surface area contributed by atoms with Crippen molar-refractivity contribution in [1.29, 1.82) is 0 Å². The van der Waals surface area contributed by atoms with Crippen molar-refractivity contribution in [1.82, 2.24) is 9.97 Å². The maximum atomic E-state index is 5.65. The summed E-state index contributed by atoms with van der Waals surface area (Å²) < 4.78 is 0.844. The first-order valence-electron chi connectivity index (χ1n) is 3.35. The Balaban J connectivity index is 2.89. The lowest BCUT2D eigenvalue weighted by Gasteiger charge is -1.95. The molecule has 3 nitrogen and oxygen atoms in total. The Morgan fingerprint density at radius 1 is 1.58 bits per heavy atom. The molecule has 2 aromatic rings. The molecule has 5 heteroatoms. The third kappa shape index (κ3) is 1.09. The number of nitrogen functional groups attached to an aromatic ring is 1. The Morgan fingerprint density at radius 3 is 3.08 bits per heavy atom. The lowest BCUT2D eigenvalue weighted by molar-refractivity contribution is 1.32. The Bertz CT molecular complexity index is 437. The van der Waals surface area contributed by atoms with Gasteiger partial charge in [-0.3, -0.25) is 0 Å². The van der Waals surface area contributed by atoms with E-state index < -0.39 is 0 Å². The van der Waals surface area contributed by atoms with Crippen molar-refractivity contribution in [3.05, 3.63) is 15.7 Å². The number of hydrogen-bond donors (Lipinski definition) is 1. The molecule has 2 rings (SSSR count). The Morgan fingerprint density at radius 2 is 2.33 bits per heavy atom. The molecule has 0 aliphatic heterocycles. The Labute approximate surface area is 81.8 Å². The van der Waals surface area contributed by atoms with Crippen LogP contribution in [-0.4, -0.2) is 9.97 Å². The van der Waals surface area contributed by atoms with Crippen LogP contribution in [0.3, 0.4) is 0 Å². The number of thiazole rings is 1. The number of pyridine rings is 1. The van der Waals surface area contributed by atoms with Crippen LogP contribution < -0.4 is 5.73 Å². The summed E-state index contributed by atoms with van der Waals surface area (Å²) in [6.45, 7) is 1.95. The van der Waals surface area contributed by atoms with E-state index >= 15 is 0 Å². The molecule has 0 spiro atoms. The summed E-state index contributed by atoms with van der Waals surface area (Å²) in [4.78, 5) is 9.39. The molecule has 0 saturated heterocycles. The molecular formula is C7H6BrN3S. The highest BCUT2D eigenvalue weighted by atomic mass is 79.9. The van der Waals surface area contributed by atoms with Gasteiger partial charge in [-0.1, -0.05) is 11.3 Å². The smallest absolute Gasteiger partial charge is 0.144 e. The van der Waals surface area contributed by atoms with Gasteiger partial charge < -0.3 is 5.73 Å². The second kappa shape index (κ2) is 2.67. The van der Waals surface area contributed by atoms with E-state index in [9.17, 15) is 0 Å². The van der Waals surface area contributed by atoms with Gasteiger partial charge in [-0.2, -0.15) is 0 Å². The molecule has 0 fully saturated rings. The fourth-order valence-corrected chi connectivity index (χ4v) is 2.24. The third-order valence-electron chi connectivity index (χ3n) is 1.50. The Hall–Kier alpha value is -0.680. The van der Waals surface area contributed by atoms with Gasteiger partial charge >= 0.3 is 0 Å². The molecule has 0 amide bonds. The molecule has 12 heavy (non-hydrogen) atoms. The number of anilines is 1. The second-order valence-corrected chi connectivity index (χ2v) is 4.39. The monoisotopic (exact) mass is 243 g/mol. The summed E-state index contributed by atoms with van der Waals surface area (Å²) in [6, 6.07) is 0. The fraction of sp³-hybridized carbons (Fsp3) is 0.143. The standard InChI is InChI=1S/C7H6BrN3S/c1-3-11-6-5(8)4(9)2-10-7(6)12-3/h2H,9H2,1H3. The SMILES string of the molecule is Cc1nc2c(Br)c(N)cnc2s1. The van der Waals surface area contributed by atoms with Crippen LogP contribution in [0.25, 0.3) is 10.3 Å². The van der Waals surface area contributed by atoms with E-state index in [1.807, 2.05) is 6.92 Å². The molecule has 0 atom stereocenters. The zero-order chi connectivity index (χ0) is 8.72. The molecule has 0 unspecified atom stereocenters. The van der Waals surface area contributed by atoms with Crippen molar-refractivity contribution < 1.29 is 0 Å². The molecule has 2 aromatic heterocycles. The largest absolute Gasteiger partial charge is 0.396 e. The molecule has 0 radical (unpaired) electrons. The van der Waals surface area contributed by atoms with E-state index in [2.05, 4.69) is 25.9 Å². The maximum absolute atomic E-state index is 5.65. The Kier molecular flexibility index (Phi) is 1.77. The van der Waals surface area contributed by atoms with Gasteiger partial charge in [0.25, 0.3) is 0 Å². The van der Waals surface area contributed by atoms with Crippen LogP contribution in [0.1, 0.15) is 5.01 Å². The van der Waals surface area contributed by atoms with Crippen molar-refractivity contribution in [2.75, 3.05) is 5.73 Å². The van der Waals surface area contributed by atoms with Crippen molar-refractivity contribution in [3.63, 3.8) is 0 Å². The van der Waals surface area contributed by atoms with Gasteiger partial charge in [-0.05, 0) is 22.9 Å². The van der Waals surface area contributed by atoms with Crippen LogP contribution in [0.4, 0.5) is 5.69 Å². The number of aromatic nitrogens is 2. The minimum absolute atomic E-state index is 0.632. The first-order chi connectivity index (χ1) is 5.68. The van der Waals surface area contributed by atoms with Gasteiger partial charge in [-0.15, -0.1) is 0 Å². The van der Waals surface area contributed by atoms with Crippen molar-refractivity contribution in [3.8, 4) is 0 Å². The predicted octanol–water partition coefficient (Wildman–Crippen LogP) is 2.34.